The lowest BCUT2D eigenvalue weighted by Gasteiger charge is -2.05. The second kappa shape index (κ2) is 7.10. The first-order valence-electron chi connectivity index (χ1n) is 3.56. The molecule has 0 saturated heterocycles. The Hall–Kier alpha value is -1.01. The van der Waals surface area contributed by atoms with Crippen molar-refractivity contribution in [2.75, 3.05) is 19.8 Å². The predicted octanol–water partition coefficient (Wildman–Crippen LogP) is 1.47. The third-order valence-electron chi connectivity index (χ3n) is 1.01. The zero-order valence-corrected chi connectivity index (χ0v) is 6.80. The van der Waals surface area contributed by atoms with Gasteiger partial charge >= 0.3 is 0 Å². The van der Waals surface area contributed by atoms with Crippen LogP contribution in [0.15, 0.2) is 12.3 Å². The van der Waals surface area contributed by atoms with Gasteiger partial charge in [0.25, 0.3) is 0 Å². The molecule has 0 radical (unpaired) electrons. The Kier molecular flexibility index (Phi) is 6.45. The molecule has 0 bridgehead atoms. The zero-order valence-electron chi connectivity index (χ0n) is 6.80. The molecule has 0 aliphatic rings. The number of hydrogen-bond acceptors (Lipinski definition) is 3. The summed E-state index contributed by atoms with van der Waals surface area (Å²) >= 11 is 0. The molecule has 0 aromatic carbocycles. The van der Waals surface area contributed by atoms with Crippen molar-refractivity contribution in [2.45, 2.75) is 13.3 Å². The van der Waals surface area contributed by atoms with Gasteiger partial charge in [-0.2, -0.15) is 5.26 Å². The van der Waals surface area contributed by atoms with Gasteiger partial charge in [-0.1, -0.05) is 6.58 Å². The smallest absolute Gasteiger partial charge is 0.111 e. The molecule has 62 valence electrons. The molecule has 0 amide bonds. The average Bonchev–Trinajstić information content (AvgIpc) is 1.99. The summed E-state index contributed by atoms with van der Waals surface area (Å²) in [7, 11) is 0. The van der Waals surface area contributed by atoms with E-state index in [1.54, 1.807) is 0 Å². The van der Waals surface area contributed by atoms with Crippen LogP contribution in [-0.2, 0) is 9.47 Å². The van der Waals surface area contributed by atoms with E-state index < -0.39 is 0 Å². The lowest BCUT2D eigenvalue weighted by molar-refractivity contribution is 0.0825. The van der Waals surface area contributed by atoms with E-state index in [2.05, 4.69) is 6.58 Å². The van der Waals surface area contributed by atoms with E-state index >= 15 is 0 Å². The molecular weight excluding hydrogens is 142 g/mol. The zero-order chi connectivity index (χ0) is 8.53. The Morgan fingerprint density at radius 1 is 1.55 bits per heavy atom. The van der Waals surface area contributed by atoms with Crippen LogP contribution in [0.5, 0.6) is 0 Å². The fraction of sp³-hybridized carbons (Fsp3) is 0.625. The molecule has 0 aromatic rings. The third-order valence-corrected chi connectivity index (χ3v) is 1.01. The van der Waals surface area contributed by atoms with Gasteiger partial charge in [0.1, 0.15) is 12.4 Å². The highest BCUT2D eigenvalue weighted by atomic mass is 16.5. The molecule has 0 N–H and O–H groups in total. The van der Waals surface area contributed by atoms with Gasteiger partial charge in [0.2, 0.25) is 0 Å². The third kappa shape index (κ3) is 6.88. The number of nitrogens with zero attached hydrogens (tertiary/aromatic N) is 1. The molecule has 0 heterocycles. The quantitative estimate of drug-likeness (QED) is 0.431. The Labute approximate surface area is 67.2 Å². The number of ether oxygens (including phenoxy) is 2. The van der Waals surface area contributed by atoms with E-state index in [1.165, 1.54) is 0 Å². The number of nitriles is 1. The molecule has 0 aliphatic carbocycles. The first kappa shape index (κ1) is 9.99. The van der Waals surface area contributed by atoms with Gasteiger partial charge in [-0.25, -0.2) is 0 Å². The summed E-state index contributed by atoms with van der Waals surface area (Å²) in [4.78, 5) is 0. The minimum absolute atomic E-state index is 0.256. The second-order valence-electron chi connectivity index (χ2n) is 1.92. The second-order valence-corrected chi connectivity index (χ2v) is 1.92. The van der Waals surface area contributed by atoms with Crippen LogP contribution in [0.3, 0.4) is 0 Å². The lowest BCUT2D eigenvalue weighted by atomic mass is 10.4. The highest BCUT2D eigenvalue weighted by Gasteiger charge is 1.92. The maximum Gasteiger partial charge on any atom is 0.111 e. The largest absolute Gasteiger partial charge is 0.495 e. The van der Waals surface area contributed by atoms with Gasteiger partial charge in [-0.3, -0.25) is 0 Å². The van der Waals surface area contributed by atoms with Crippen molar-refractivity contribution in [1.82, 2.24) is 0 Å². The topological polar surface area (TPSA) is 42.2 Å². The Morgan fingerprint density at radius 3 is 2.82 bits per heavy atom. The molecular formula is C8H13NO2. The number of hydrogen-bond donors (Lipinski definition) is 0. The van der Waals surface area contributed by atoms with Gasteiger partial charge in [0.15, 0.2) is 0 Å². The fourth-order valence-electron chi connectivity index (χ4n) is 0.528. The van der Waals surface area contributed by atoms with Crippen LogP contribution in [0, 0.1) is 11.3 Å². The Morgan fingerprint density at radius 2 is 2.27 bits per heavy atom. The predicted molar refractivity (Wildman–Crippen MR) is 41.8 cm³/mol. The summed E-state index contributed by atoms with van der Waals surface area (Å²) < 4.78 is 10.1. The molecule has 11 heavy (non-hydrogen) atoms. The summed E-state index contributed by atoms with van der Waals surface area (Å²) in [5.41, 5.74) is 0. The highest BCUT2D eigenvalue weighted by Crippen LogP contribution is 1.97. The summed E-state index contributed by atoms with van der Waals surface area (Å²) in [6, 6.07) is 1.94. The standard InChI is InChI=1S/C8H13NO2/c1-3-10-6-7-11-8(2)4-5-9/h2-4,6-7H2,1H3. The van der Waals surface area contributed by atoms with Gasteiger partial charge in [-0.05, 0) is 6.92 Å². The summed E-state index contributed by atoms with van der Waals surface area (Å²) in [6.45, 7) is 7.19. The van der Waals surface area contributed by atoms with Crippen molar-refractivity contribution in [3.05, 3.63) is 12.3 Å². The molecule has 3 heteroatoms. The van der Waals surface area contributed by atoms with Crippen LogP contribution < -0.4 is 0 Å². The van der Waals surface area contributed by atoms with Crippen LogP contribution in [-0.4, -0.2) is 19.8 Å². The van der Waals surface area contributed by atoms with E-state index in [0.717, 1.165) is 0 Å². The monoisotopic (exact) mass is 155 g/mol. The van der Waals surface area contributed by atoms with Crippen LogP contribution >= 0.6 is 0 Å². The molecule has 0 fully saturated rings. The molecule has 0 aliphatic heterocycles. The Balaban J connectivity index is 3.12. The van der Waals surface area contributed by atoms with Crippen molar-refractivity contribution in [3.8, 4) is 6.07 Å². The molecule has 0 unspecified atom stereocenters. The number of rotatable bonds is 6. The lowest BCUT2D eigenvalue weighted by Crippen LogP contribution is -2.02. The van der Waals surface area contributed by atoms with E-state index in [0.29, 0.717) is 25.6 Å². The van der Waals surface area contributed by atoms with Crippen molar-refractivity contribution >= 4 is 0 Å². The van der Waals surface area contributed by atoms with Crippen molar-refractivity contribution < 1.29 is 9.47 Å². The molecule has 3 nitrogen and oxygen atoms in total. The van der Waals surface area contributed by atoms with Crippen molar-refractivity contribution in [3.63, 3.8) is 0 Å². The first-order valence-corrected chi connectivity index (χ1v) is 3.56. The SMILES string of the molecule is C=C(CC#N)OCCOCC. The highest BCUT2D eigenvalue weighted by molar-refractivity contribution is 4.93. The van der Waals surface area contributed by atoms with Crippen molar-refractivity contribution in [1.29, 1.82) is 5.26 Å². The molecule has 0 atom stereocenters. The van der Waals surface area contributed by atoms with Gasteiger partial charge < -0.3 is 9.47 Å². The normalized spacial score (nSPS) is 8.73. The van der Waals surface area contributed by atoms with Gasteiger partial charge in [0, 0.05) is 6.61 Å². The van der Waals surface area contributed by atoms with Gasteiger partial charge in [0.05, 0.1) is 19.1 Å². The van der Waals surface area contributed by atoms with E-state index in [4.69, 9.17) is 14.7 Å². The van der Waals surface area contributed by atoms with Crippen molar-refractivity contribution in [2.24, 2.45) is 0 Å². The molecule has 0 saturated carbocycles. The first-order chi connectivity index (χ1) is 5.31. The minimum Gasteiger partial charge on any atom is -0.495 e. The van der Waals surface area contributed by atoms with E-state index in [9.17, 15) is 0 Å². The van der Waals surface area contributed by atoms with Crippen LogP contribution in [0.1, 0.15) is 13.3 Å². The Bertz CT molecular complexity index is 149. The number of allylic oxidation sites excluding steroid dienone is 1. The molecule has 0 aromatic heterocycles. The van der Waals surface area contributed by atoms with E-state index in [1.807, 2.05) is 13.0 Å². The minimum atomic E-state index is 0.256. The fourth-order valence-corrected chi connectivity index (χ4v) is 0.528. The van der Waals surface area contributed by atoms with E-state index in [-0.39, 0.29) is 6.42 Å². The molecule has 0 spiro atoms. The van der Waals surface area contributed by atoms with Crippen LogP contribution in [0.2, 0.25) is 0 Å². The van der Waals surface area contributed by atoms with Crippen LogP contribution in [0.4, 0.5) is 0 Å². The maximum atomic E-state index is 8.22. The average molecular weight is 155 g/mol. The van der Waals surface area contributed by atoms with Crippen LogP contribution in [0.25, 0.3) is 0 Å². The summed E-state index contributed by atoms with van der Waals surface area (Å²) in [6.07, 6.45) is 0.256. The maximum absolute atomic E-state index is 8.22. The molecule has 0 rings (SSSR count). The van der Waals surface area contributed by atoms with Gasteiger partial charge in [-0.15, -0.1) is 0 Å². The summed E-state index contributed by atoms with van der Waals surface area (Å²) in [5.74, 6) is 0.507. The summed E-state index contributed by atoms with van der Waals surface area (Å²) in [5, 5.41) is 8.22.